The summed E-state index contributed by atoms with van der Waals surface area (Å²) in [6.45, 7) is 2.85. The summed E-state index contributed by atoms with van der Waals surface area (Å²) in [6, 6.07) is 8.47. The van der Waals surface area contributed by atoms with Crippen molar-refractivity contribution in [2.75, 3.05) is 18.5 Å². The Balaban J connectivity index is 1.91. The van der Waals surface area contributed by atoms with Crippen LogP contribution in [0.2, 0.25) is 0 Å². The molecule has 1 aliphatic carbocycles. The van der Waals surface area contributed by atoms with Gasteiger partial charge in [0.2, 0.25) is 0 Å². The molecule has 1 aromatic rings. The number of rotatable bonds is 4. The van der Waals surface area contributed by atoms with Gasteiger partial charge in [-0.15, -0.1) is 0 Å². The molecule has 0 radical (unpaired) electrons. The number of hydrogen-bond donors (Lipinski definition) is 1. The van der Waals surface area contributed by atoms with Crippen LogP contribution in [0.25, 0.3) is 0 Å². The van der Waals surface area contributed by atoms with Crippen LogP contribution in [0.4, 0.5) is 5.69 Å². The van der Waals surface area contributed by atoms with Gasteiger partial charge in [0.25, 0.3) is 0 Å². The summed E-state index contributed by atoms with van der Waals surface area (Å²) in [7, 11) is 2.07. The van der Waals surface area contributed by atoms with E-state index in [0.29, 0.717) is 5.92 Å². The summed E-state index contributed by atoms with van der Waals surface area (Å²) in [5.74, 6) is 0.506. The third-order valence-electron chi connectivity index (χ3n) is 4.10. The fourth-order valence-corrected chi connectivity index (χ4v) is 2.92. The lowest BCUT2D eigenvalue weighted by molar-refractivity contribution is 0.0910. The SMILES string of the molecule is Cc1cccc(N(C)CC(O)C2CCCCC2)c1. The Morgan fingerprint density at radius 2 is 2.00 bits per heavy atom. The summed E-state index contributed by atoms with van der Waals surface area (Å²) in [4.78, 5) is 2.17. The number of aliphatic hydroxyl groups excluding tert-OH is 1. The van der Waals surface area contributed by atoms with Gasteiger partial charge in [-0.2, -0.15) is 0 Å². The number of benzene rings is 1. The van der Waals surface area contributed by atoms with E-state index in [9.17, 15) is 5.11 Å². The van der Waals surface area contributed by atoms with Gasteiger partial charge in [0.1, 0.15) is 0 Å². The van der Waals surface area contributed by atoms with Gasteiger partial charge in [0.05, 0.1) is 6.10 Å². The van der Waals surface area contributed by atoms with Gasteiger partial charge in [0, 0.05) is 19.3 Å². The normalized spacial score (nSPS) is 18.6. The fourth-order valence-electron chi connectivity index (χ4n) is 2.92. The second-order valence-electron chi connectivity index (χ2n) is 5.68. The molecule has 0 heterocycles. The molecule has 18 heavy (non-hydrogen) atoms. The molecule has 1 atom stereocenters. The van der Waals surface area contributed by atoms with Crippen LogP contribution >= 0.6 is 0 Å². The zero-order valence-corrected chi connectivity index (χ0v) is 11.6. The first-order chi connectivity index (χ1) is 8.66. The van der Waals surface area contributed by atoms with Crippen molar-refractivity contribution in [3.63, 3.8) is 0 Å². The Morgan fingerprint density at radius 3 is 2.67 bits per heavy atom. The molecule has 1 N–H and O–H groups in total. The van der Waals surface area contributed by atoms with Crippen LogP contribution < -0.4 is 4.90 Å². The minimum absolute atomic E-state index is 0.184. The number of nitrogens with zero attached hydrogens (tertiary/aromatic N) is 1. The number of likely N-dealkylation sites (N-methyl/N-ethyl adjacent to an activating group) is 1. The molecule has 2 nitrogen and oxygen atoms in total. The molecule has 0 bridgehead atoms. The van der Waals surface area contributed by atoms with Crippen LogP contribution in [0, 0.1) is 12.8 Å². The second-order valence-corrected chi connectivity index (χ2v) is 5.68. The van der Waals surface area contributed by atoms with Gasteiger partial charge in [-0.25, -0.2) is 0 Å². The lowest BCUT2D eigenvalue weighted by Gasteiger charge is -2.30. The van der Waals surface area contributed by atoms with Crippen LogP contribution in [0.1, 0.15) is 37.7 Å². The van der Waals surface area contributed by atoms with Crippen LogP contribution in [-0.2, 0) is 0 Å². The van der Waals surface area contributed by atoms with Crippen molar-refractivity contribution in [2.24, 2.45) is 5.92 Å². The van der Waals surface area contributed by atoms with Crippen LogP contribution in [0.3, 0.4) is 0 Å². The topological polar surface area (TPSA) is 23.5 Å². The second kappa shape index (κ2) is 6.24. The van der Waals surface area contributed by atoms with Gasteiger partial charge in [0.15, 0.2) is 0 Å². The maximum absolute atomic E-state index is 10.3. The monoisotopic (exact) mass is 247 g/mol. The first kappa shape index (κ1) is 13.4. The largest absolute Gasteiger partial charge is 0.391 e. The summed E-state index contributed by atoms with van der Waals surface area (Å²) in [5.41, 5.74) is 2.47. The van der Waals surface area contributed by atoms with E-state index in [1.807, 2.05) is 0 Å². The highest BCUT2D eigenvalue weighted by Gasteiger charge is 2.22. The van der Waals surface area contributed by atoms with Gasteiger partial charge < -0.3 is 10.0 Å². The van der Waals surface area contributed by atoms with Gasteiger partial charge in [-0.1, -0.05) is 31.4 Å². The molecular weight excluding hydrogens is 222 g/mol. The molecule has 0 aromatic heterocycles. The highest BCUT2D eigenvalue weighted by Crippen LogP contribution is 2.27. The predicted octanol–water partition coefficient (Wildman–Crippen LogP) is 3.37. The van der Waals surface area contributed by atoms with E-state index in [1.165, 1.54) is 43.4 Å². The van der Waals surface area contributed by atoms with E-state index in [0.717, 1.165) is 6.54 Å². The maximum atomic E-state index is 10.3. The molecule has 0 saturated heterocycles. The van der Waals surface area contributed by atoms with Crippen LogP contribution in [0.15, 0.2) is 24.3 Å². The molecule has 1 unspecified atom stereocenters. The quantitative estimate of drug-likeness (QED) is 0.881. The Labute approximate surface area is 111 Å². The molecule has 0 spiro atoms. The summed E-state index contributed by atoms with van der Waals surface area (Å²) >= 11 is 0. The van der Waals surface area contributed by atoms with Crippen molar-refractivity contribution in [3.05, 3.63) is 29.8 Å². The Morgan fingerprint density at radius 1 is 1.28 bits per heavy atom. The third kappa shape index (κ3) is 3.49. The molecule has 100 valence electrons. The van der Waals surface area contributed by atoms with Crippen molar-refractivity contribution in [3.8, 4) is 0 Å². The van der Waals surface area contributed by atoms with Gasteiger partial charge >= 0.3 is 0 Å². The van der Waals surface area contributed by atoms with E-state index in [-0.39, 0.29) is 6.10 Å². The summed E-state index contributed by atoms with van der Waals surface area (Å²) < 4.78 is 0. The molecule has 1 aromatic carbocycles. The fraction of sp³-hybridized carbons (Fsp3) is 0.625. The number of anilines is 1. The van der Waals surface area contributed by atoms with Crippen LogP contribution in [-0.4, -0.2) is 24.8 Å². The minimum Gasteiger partial charge on any atom is -0.391 e. The van der Waals surface area contributed by atoms with Gasteiger partial charge in [-0.3, -0.25) is 0 Å². The highest BCUT2D eigenvalue weighted by molar-refractivity contribution is 5.47. The van der Waals surface area contributed by atoms with Crippen molar-refractivity contribution >= 4 is 5.69 Å². The van der Waals surface area contributed by atoms with Crippen LogP contribution in [0.5, 0.6) is 0 Å². The molecule has 2 heteroatoms. The first-order valence-electron chi connectivity index (χ1n) is 7.12. The Kier molecular flexibility index (Phi) is 4.65. The molecule has 0 aliphatic heterocycles. The van der Waals surface area contributed by atoms with E-state index < -0.39 is 0 Å². The molecule has 1 saturated carbocycles. The number of aliphatic hydroxyl groups is 1. The first-order valence-corrected chi connectivity index (χ1v) is 7.12. The van der Waals surface area contributed by atoms with E-state index in [2.05, 4.69) is 43.1 Å². The standard InChI is InChI=1S/C16H25NO/c1-13-7-6-10-15(11-13)17(2)12-16(18)14-8-4-3-5-9-14/h6-7,10-11,14,16,18H,3-5,8-9,12H2,1-2H3. The summed E-state index contributed by atoms with van der Waals surface area (Å²) in [6.07, 6.45) is 6.13. The molecule has 0 amide bonds. The van der Waals surface area contributed by atoms with Crippen molar-refractivity contribution in [1.82, 2.24) is 0 Å². The maximum Gasteiger partial charge on any atom is 0.0743 e. The smallest absolute Gasteiger partial charge is 0.0743 e. The zero-order valence-electron chi connectivity index (χ0n) is 11.6. The van der Waals surface area contributed by atoms with E-state index >= 15 is 0 Å². The zero-order chi connectivity index (χ0) is 13.0. The van der Waals surface area contributed by atoms with E-state index in [4.69, 9.17) is 0 Å². The molecule has 1 aliphatic rings. The average Bonchev–Trinajstić information content (AvgIpc) is 2.39. The molecule has 2 rings (SSSR count). The minimum atomic E-state index is -0.184. The Hall–Kier alpha value is -1.02. The van der Waals surface area contributed by atoms with E-state index in [1.54, 1.807) is 0 Å². The lowest BCUT2D eigenvalue weighted by atomic mass is 9.85. The third-order valence-corrected chi connectivity index (χ3v) is 4.10. The van der Waals surface area contributed by atoms with Crippen molar-refractivity contribution in [2.45, 2.75) is 45.1 Å². The number of aryl methyl sites for hydroxylation is 1. The molecule has 1 fully saturated rings. The summed E-state index contributed by atoms with van der Waals surface area (Å²) in [5, 5.41) is 10.3. The van der Waals surface area contributed by atoms with Gasteiger partial charge in [-0.05, 0) is 43.4 Å². The van der Waals surface area contributed by atoms with Crippen molar-refractivity contribution in [1.29, 1.82) is 0 Å². The molecular formula is C16H25NO. The number of hydrogen-bond acceptors (Lipinski definition) is 2. The van der Waals surface area contributed by atoms with Crippen molar-refractivity contribution < 1.29 is 5.11 Å². The predicted molar refractivity (Wildman–Crippen MR) is 77.0 cm³/mol. The highest BCUT2D eigenvalue weighted by atomic mass is 16.3. The average molecular weight is 247 g/mol. The Bertz CT molecular complexity index is 371. The lowest BCUT2D eigenvalue weighted by Crippen LogP contribution is -2.35.